The summed E-state index contributed by atoms with van der Waals surface area (Å²) in [4.78, 5) is 16.1. The van der Waals surface area contributed by atoms with E-state index in [2.05, 4.69) is 25.8 Å². The summed E-state index contributed by atoms with van der Waals surface area (Å²) in [7, 11) is 0. The van der Waals surface area contributed by atoms with Crippen LogP contribution in [0.3, 0.4) is 0 Å². The Bertz CT molecular complexity index is 507. The Labute approximate surface area is 109 Å². The van der Waals surface area contributed by atoms with Crippen LogP contribution in [0.5, 0.6) is 0 Å². The minimum atomic E-state index is -0.208. The number of aromatic amines is 1. The number of hydrogen-bond donors (Lipinski definition) is 3. The third-order valence-corrected chi connectivity index (χ3v) is 3.23. The van der Waals surface area contributed by atoms with Crippen molar-refractivity contribution in [2.45, 2.75) is 19.9 Å². The van der Waals surface area contributed by atoms with E-state index in [0.717, 1.165) is 12.2 Å². The Kier molecular flexibility index (Phi) is 4.06. The van der Waals surface area contributed by atoms with Gasteiger partial charge in [-0.2, -0.15) is 5.10 Å². The van der Waals surface area contributed by atoms with Crippen LogP contribution in [0.1, 0.15) is 35.9 Å². The van der Waals surface area contributed by atoms with Crippen LogP contribution < -0.4 is 10.6 Å². The molecule has 1 atom stereocenters. The molecule has 0 spiro atoms. The number of amides is 1. The number of rotatable bonds is 5. The minimum Gasteiger partial charge on any atom is -0.309 e. The third kappa shape index (κ3) is 2.93. The summed E-state index contributed by atoms with van der Waals surface area (Å²) in [5, 5.41) is 14.9. The van der Waals surface area contributed by atoms with Gasteiger partial charge in [-0.1, -0.05) is 6.92 Å². The van der Waals surface area contributed by atoms with Gasteiger partial charge in [0.1, 0.15) is 0 Å². The van der Waals surface area contributed by atoms with Gasteiger partial charge < -0.3 is 5.32 Å². The lowest BCUT2D eigenvalue weighted by atomic mass is 10.3. The molecule has 7 heteroatoms. The molecule has 1 unspecified atom stereocenters. The average molecular weight is 265 g/mol. The zero-order valence-electron chi connectivity index (χ0n) is 10.2. The van der Waals surface area contributed by atoms with E-state index in [1.165, 1.54) is 17.5 Å². The van der Waals surface area contributed by atoms with Gasteiger partial charge in [-0.25, -0.2) is 4.98 Å². The number of thiazole rings is 1. The fourth-order valence-corrected chi connectivity index (χ4v) is 2.30. The Hall–Kier alpha value is -1.73. The van der Waals surface area contributed by atoms with Gasteiger partial charge in [-0.15, -0.1) is 11.3 Å². The lowest BCUT2D eigenvalue weighted by Gasteiger charge is -2.08. The fraction of sp³-hybridized carbons (Fsp3) is 0.364. The predicted molar refractivity (Wildman–Crippen MR) is 70.7 cm³/mol. The van der Waals surface area contributed by atoms with E-state index < -0.39 is 0 Å². The maximum Gasteiger partial charge on any atom is 0.260 e. The molecule has 18 heavy (non-hydrogen) atoms. The van der Waals surface area contributed by atoms with Crippen molar-refractivity contribution >= 4 is 22.4 Å². The normalized spacial score (nSPS) is 12.3. The molecule has 0 saturated carbocycles. The fourth-order valence-electron chi connectivity index (χ4n) is 1.50. The average Bonchev–Trinajstić information content (AvgIpc) is 2.99. The highest BCUT2D eigenvalue weighted by molar-refractivity contribution is 7.14. The number of aromatic nitrogens is 3. The van der Waals surface area contributed by atoms with Crippen LogP contribution >= 0.6 is 11.3 Å². The van der Waals surface area contributed by atoms with E-state index in [1.807, 2.05) is 19.2 Å². The second kappa shape index (κ2) is 5.74. The van der Waals surface area contributed by atoms with Crippen molar-refractivity contribution in [1.29, 1.82) is 0 Å². The summed E-state index contributed by atoms with van der Waals surface area (Å²) < 4.78 is 0. The van der Waals surface area contributed by atoms with E-state index >= 15 is 0 Å². The molecule has 3 N–H and O–H groups in total. The van der Waals surface area contributed by atoms with E-state index in [9.17, 15) is 4.79 Å². The second-order valence-corrected chi connectivity index (χ2v) is 4.66. The smallest absolute Gasteiger partial charge is 0.260 e. The highest BCUT2D eigenvalue weighted by Gasteiger charge is 2.12. The first-order chi connectivity index (χ1) is 8.70. The van der Waals surface area contributed by atoms with Gasteiger partial charge in [0.15, 0.2) is 5.13 Å². The second-order valence-electron chi connectivity index (χ2n) is 3.80. The Morgan fingerprint density at radius 1 is 1.61 bits per heavy atom. The molecule has 0 saturated heterocycles. The lowest BCUT2D eigenvalue weighted by molar-refractivity contribution is 0.102. The van der Waals surface area contributed by atoms with Crippen molar-refractivity contribution < 1.29 is 4.79 Å². The highest BCUT2D eigenvalue weighted by atomic mass is 32.1. The summed E-state index contributed by atoms with van der Waals surface area (Å²) in [6.45, 7) is 4.97. The van der Waals surface area contributed by atoms with Crippen molar-refractivity contribution in [2.24, 2.45) is 0 Å². The van der Waals surface area contributed by atoms with Crippen LogP contribution in [-0.4, -0.2) is 27.6 Å². The van der Waals surface area contributed by atoms with Crippen molar-refractivity contribution in [3.63, 3.8) is 0 Å². The number of carbonyl (C=O) groups excluding carboxylic acids is 1. The lowest BCUT2D eigenvalue weighted by Crippen LogP contribution is -2.18. The van der Waals surface area contributed by atoms with E-state index in [4.69, 9.17) is 0 Å². The molecule has 0 radical (unpaired) electrons. The number of nitrogens with zero attached hydrogens (tertiary/aromatic N) is 2. The molecule has 2 rings (SSSR count). The van der Waals surface area contributed by atoms with Crippen LogP contribution in [0.2, 0.25) is 0 Å². The molecule has 0 bridgehead atoms. The molecule has 6 nitrogen and oxygen atoms in total. The maximum absolute atomic E-state index is 11.8. The summed E-state index contributed by atoms with van der Waals surface area (Å²) in [6, 6.07) is 0.186. The van der Waals surface area contributed by atoms with Crippen molar-refractivity contribution in [3.05, 3.63) is 29.0 Å². The molecule has 2 aromatic rings. The van der Waals surface area contributed by atoms with E-state index in [-0.39, 0.29) is 11.9 Å². The van der Waals surface area contributed by atoms with Gasteiger partial charge in [-0.3, -0.25) is 15.2 Å². The minimum absolute atomic E-state index is 0.186. The number of carbonyl (C=O) groups is 1. The summed E-state index contributed by atoms with van der Waals surface area (Å²) >= 11 is 1.42. The number of hydrogen-bond acceptors (Lipinski definition) is 5. The van der Waals surface area contributed by atoms with Crippen LogP contribution in [0.15, 0.2) is 17.8 Å². The van der Waals surface area contributed by atoms with Crippen LogP contribution in [0.4, 0.5) is 5.13 Å². The summed E-state index contributed by atoms with van der Waals surface area (Å²) in [5.74, 6) is -0.208. The Morgan fingerprint density at radius 2 is 2.44 bits per heavy atom. The van der Waals surface area contributed by atoms with Gasteiger partial charge in [0, 0.05) is 17.6 Å². The third-order valence-electron chi connectivity index (χ3n) is 2.46. The number of H-pyrrole nitrogens is 1. The summed E-state index contributed by atoms with van der Waals surface area (Å²) in [6.07, 6.45) is 3.02. The SMILES string of the molecule is CCNC(C)c1csc(NC(=O)c2cn[nH]c2)n1. The van der Waals surface area contributed by atoms with Crippen LogP contribution in [-0.2, 0) is 0 Å². The van der Waals surface area contributed by atoms with Crippen LogP contribution in [0.25, 0.3) is 0 Å². The molecular formula is C11H15N5OS. The Morgan fingerprint density at radius 3 is 3.11 bits per heavy atom. The maximum atomic E-state index is 11.8. The standard InChI is InChI=1S/C11H15N5OS/c1-3-12-7(2)9-6-18-11(15-9)16-10(17)8-4-13-14-5-8/h4-7,12H,3H2,1-2H3,(H,13,14)(H,15,16,17). The van der Waals surface area contributed by atoms with Gasteiger partial charge in [-0.05, 0) is 13.5 Å². The monoisotopic (exact) mass is 265 g/mol. The molecule has 0 aliphatic carbocycles. The van der Waals surface area contributed by atoms with E-state index in [0.29, 0.717) is 10.7 Å². The van der Waals surface area contributed by atoms with Crippen molar-refractivity contribution in [1.82, 2.24) is 20.5 Å². The first-order valence-corrected chi connectivity index (χ1v) is 6.57. The predicted octanol–water partition coefficient (Wildman–Crippen LogP) is 1.79. The molecule has 2 aromatic heterocycles. The van der Waals surface area contributed by atoms with E-state index in [1.54, 1.807) is 6.20 Å². The highest BCUT2D eigenvalue weighted by Crippen LogP contribution is 2.20. The first kappa shape index (κ1) is 12.7. The molecule has 0 aliphatic heterocycles. The van der Waals surface area contributed by atoms with Gasteiger partial charge in [0.25, 0.3) is 5.91 Å². The number of anilines is 1. The molecule has 1 amide bonds. The van der Waals surface area contributed by atoms with Crippen molar-refractivity contribution in [3.8, 4) is 0 Å². The molecule has 0 aromatic carbocycles. The van der Waals surface area contributed by atoms with Gasteiger partial charge >= 0.3 is 0 Å². The zero-order chi connectivity index (χ0) is 13.0. The Balaban J connectivity index is 2.00. The summed E-state index contributed by atoms with van der Waals surface area (Å²) in [5.41, 5.74) is 1.43. The molecule has 96 valence electrons. The number of nitrogens with one attached hydrogen (secondary N) is 3. The van der Waals surface area contributed by atoms with Crippen LogP contribution in [0, 0.1) is 0 Å². The molecule has 0 fully saturated rings. The quantitative estimate of drug-likeness (QED) is 0.769. The van der Waals surface area contributed by atoms with Gasteiger partial charge in [0.2, 0.25) is 0 Å². The molecule has 0 aliphatic rings. The zero-order valence-corrected chi connectivity index (χ0v) is 11.0. The largest absolute Gasteiger partial charge is 0.309 e. The first-order valence-electron chi connectivity index (χ1n) is 5.69. The molecular weight excluding hydrogens is 250 g/mol. The van der Waals surface area contributed by atoms with Crippen molar-refractivity contribution in [2.75, 3.05) is 11.9 Å². The molecule has 2 heterocycles. The topological polar surface area (TPSA) is 82.7 Å². The van der Waals surface area contributed by atoms with Gasteiger partial charge in [0.05, 0.1) is 17.5 Å².